The summed E-state index contributed by atoms with van der Waals surface area (Å²) in [5, 5.41) is 19.2. The summed E-state index contributed by atoms with van der Waals surface area (Å²) in [4.78, 5) is 17.4. The van der Waals surface area contributed by atoms with E-state index >= 15 is 0 Å². The number of hydrogen-bond donors (Lipinski definition) is 2. The molecule has 0 bridgehead atoms. The van der Waals surface area contributed by atoms with Crippen molar-refractivity contribution in [1.29, 1.82) is 0 Å². The van der Waals surface area contributed by atoms with Crippen molar-refractivity contribution in [2.75, 3.05) is 6.61 Å². The van der Waals surface area contributed by atoms with Gasteiger partial charge in [0, 0.05) is 6.42 Å². The van der Waals surface area contributed by atoms with Crippen LogP contribution in [0.4, 0.5) is 0 Å². The van der Waals surface area contributed by atoms with Gasteiger partial charge >= 0.3 is 29.6 Å². The minimum absolute atomic E-state index is 0. The van der Waals surface area contributed by atoms with Gasteiger partial charge in [0.05, 0.1) is 6.61 Å². The van der Waals surface area contributed by atoms with Crippen LogP contribution in [0.2, 0.25) is 0 Å². The molecule has 1 aliphatic rings. The number of nitrogens with one attached hydrogen (secondary N) is 1. The second-order valence-electron chi connectivity index (χ2n) is 2.43. The summed E-state index contributed by atoms with van der Waals surface area (Å²) < 4.78 is 0. The van der Waals surface area contributed by atoms with Gasteiger partial charge in [-0.25, -0.2) is 9.98 Å². The Kier molecular flexibility index (Phi) is 6.09. The Bertz CT molecular complexity index is 323. The van der Waals surface area contributed by atoms with Crippen molar-refractivity contribution in [3.05, 3.63) is 0 Å². The molecule has 0 spiro atoms. The molecular formula is C6H6Cl2N3NaO3. The fraction of sp³-hybridized carbons (Fsp3) is 0.500. The van der Waals surface area contributed by atoms with Crippen LogP contribution in [0.5, 0.6) is 0 Å². The number of alkyl halides is 1. The van der Waals surface area contributed by atoms with Gasteiger partial charge in [-0.05, 0) is 11.6 Å². The van der Waals surface area contributed by atoms with Gasteiger partial charge in [0.1, 0.15) is 11.8 Å². The molecule has 6 nitrogen and oxygen atoms in total. The van der Waals surface area contributed by atoms with Crippen LogP contribution in [0.25, 0.3) is 0 Å². The Morgan fingerprint density at radius 1 is 1.60 bits per heavy atom. The van der Waals surface area contributed by atoms with Crippen molar-refractivity contribution < 1.29 is 44.6 Å². The standard InChI is InChI=1S/C6H7Cl2N3O3.Na/c7-5-9-3(1-2-12)10-6(8,11-5)4(13)14;/h12H,1-2H2,(H,13,14)(H,9,10,11);/q;+1/p-1. The molecule has 0 aliphatic carbocycles. The maximum atomic E-state index is 10.6. The van der Waals surface area contributed by atoms with Crippen molar-refractivity contribution in [3.63, 3.8) is 0 Å². The Balaban J connectivity index is 0.00000196. The third-order valence-corrected chi connectivity index (χ3v) is 1.89. The number of aliphatic carboxylic acids is 1. The minimum Gasteiger partial charge on any atom is -0.544 e. The Morgan fingerprint density at radius 3 is 2.67 bits per heavy atom. The molecular weight excluding hydrogens is 256 g/mol. The van der Waals surface area contributed by atoms with Crippen molar-refractivity contribution in [3.8, 4) is 0 Å². The summed E-state index contributed by atoms with van der Waals surface area (Å²) in [6.45, 7) is -0.212. The zero-order valence-electron chi connectivity index (χ0n) is 7.83. The molecule has 1 aliphatic heterocycles. The number of amidine groups is 2. The average Bonchev–Trinajstić information content (AvgIpc) is 2.02. The number of rotatable bonds is 3. The molecule has 1 heterocycles. The molecule has 15 heavy (non-hydrogen) atoms. The number of hydrogen-bond acceptors (Lipinski definition) is 6. The minimum atomic E-state index is -2.23. The molecule has 0 amide bonds. The Hall–Kier alpha value is 0.150. The van der Waals surface area contributed by atoms with Crippen LogP contribution in [-0.4, -0.2) is 33.9 Å². The fourth-order valence-electron chi connectivity index (χ4n) is 0.824. The molecule has 1 atom stereocenters. The van der Waals surface area contributed by atoms with E-state index in [4.69, 9.17) is 28.3 Å². The molecule has 1 rings (SSSR count). The Labute approximate surface area is 118 Å². The van der Waals surface area contributed by atoms with E-state index in [1.54, 1.807) is 0 Å². The second-order valence-corrected chi connectivity index (χ2v) is 3.32. The molecule has 2 N–H and O–H groups in total. The largest absolute Gasteiger partial charge is 1.00 e. The van der Waals surface area contributed by atoms with Gasteiger partial charge in [0.25, 0.3) is 5.12 Å². The molecule has 78 valence electrons. The van der Waals surface area contributed by atoms with Gasteiger partial charge in [0.2, 0.25) is 0 Å². The number of carbonyl (C=O) groups excluding carboxylic acids is 1. The summed E-state index contributed by atoms with van der Waals surface area (Å²) >= 11 is 11.0. The van der Waals surface area contributed by atoms with Crippen LogP contribution >= 0.6 is 23.2 Å². The summed E-state index contributed by atoms with van der Waals surface area (Å²) in [5.41, 5.74) is 0. The van der Waals surface area contributed by atoms with E-state index in [0.717, 1.165) is 0 Å². The number of aliphatic imine (C=N–C) groups is 2. The summed E-state index contributed by atoms with van der Waals surface area (Å²) in [6, 6.07) is 0. The van der Waals surface area contributed by atoms with Gasteiger partial charge in [-0.2, -0.15) is 0 Å². The van der Waals surface area contributed by atoms with Crippen LogP contribution in [-0.2, 0) is 4.79 Å². The quantitative estimate of drug-likeness (QED) is 0.305. The first-order valence-corrected chi connectivity index (χ1v) is 4.36. The van der Waals surface area contributed by atoms with E-state index in [9.17, 15) is 9.90 Å². The van der Waals surface area contributed by atoms with Crippen LogP contribution in [0.3, 0.4) is 0 Å². The predicted molar refractivity (Wildman–Crippen MR) is 49.2 cm³/mol. The number of carboxylic acids is 1. The van der Waals surface area contributed by atoms with E-state index in [0.29, 0.717) is 0 Å². The maximum Gasteiger partial charge on any atom is 1.00 e. The second kappa shape index (κ2) is 6.03. The van der Waals surface area contributed by atoms with Crippen LogP contribution < -0.4 is 40.0 Å². The van der Waals surface area contributed by atoms with Crippen LogP contribution in [0.1, 0.15) is 6.42 Å². The first kappa shape index (κ1) is 15.2. The monoisotopic (exact) mass is 261 g/mol. The Morgan fingerprint density at radius 2 is 2.20 bits per heavy atom. The number of nitrogens with zero attached hydrogens (tertiary/aromatic N) is 2. The van der Waals surface area contributed by atoms with Crippen LogP contribution in [0.15, 0.2) is 9.98 Å². The van der Waals surface area contributed by atoms with Crippen molar-refractivity contribution in [1.82, 2.24) is 5.32 Å². The number of aliphatic hydroxyl groups excluding tert-OH is 1. The molecule has 0 aromatic carbocycles. The molecule has 9 heteroatoms. The van der Waals surface area contributed by atoms with Gasteiger partial charge in [0.15, 0.2) is 5.29 Å². The van der Waals surface area contributed by atoms with Crippen molar-refractivity contribution >= 4 is 40.3 Å². The zero-order valence-corrected chi connectivity index (χ0v) is 11.3. The normalized spacial score (nSPS) is 24.5. The average molecular weight is 262 g/mol. The summed E-state index contributed by atoms with van der Waals surface area (Å²) in [5.74, 6) is -1.53. The number of halogens is 2. The molecule has 0 aromatic heterocycles. The van der Waals surface area contributed by atoms with Crippen molar-refractivity contribution in [2.45, 2.75) is 11.5 Å². The first-order chi connectivity index (χ1) is 6.48. The maximum absolute atomic E-state index is 10.6. The molecule has 1 unspecified atom stereocenters. The zero-order chi connectivity index (χ0) is 10.8. The van der Waals surface area contributed by atoms with Gasteiger partial charge < -0.3 is 20.3 Å². The van der Waals surface area contributed by atoms with E-state index in [-0.39, 0.29) is 53.7 Å². The third kappa shape index (κ3) is 3.90. The SMILES string of the molecule is O=C([O-])C1(Cl)N=C(Cl)NC(CCO)=N1.[Na+]. The molecule has 0 fully saturated rings. The molecule has 0 saturated carbocycles. The number of carbonyl (C=O) groups is 1. The smallest absolute Gasteiger partial charge is 0.544 e. The van der Waals surface area contributed by atoms with Gasteiger partial charge in [-0.1, -0.05) is 11.6 Å². The van der Waals surface area contributed by atoms with Crippen molar-refractivity contribution in [2.24, 2.45) is 9.98 Å². The predicted octanol–water partition coefficient (Wildman–Crippen LogP) is -4.39. The van der Waals surface area contributed by atoms with E-state index < -0.39 is 11.1 Å². The van der Waals surface area contributed by atoms with Gasteiger partial charge in [-0.3, -0.25) is 0 Å². The molecule has 0 aromatic rings. The van der Waals surface area contributed by atoms with E-state index in [1.807, 2.05) is 0 Å². The summed E-state index contributed by atoms with van der Waals surface area (Å²) in [7, 11) is 0. The van der Waals surface area contributed by atoms with Gasteiger partial charge in [-0.15, -0.1) is 0 Å². The van der Waals surface area contributed by atoms with E-state index in [1.165, 1.54) is 0 Å². The van der Waals surface area contributed by atoms with E-state index in [2.05, 4.69) is 15.3 Å². The fourth-order valence-corrected chi connectivity index (χ4v) is 1.29. The summed E-state index contributed by atoms with van der Waals surface area (Å²) in [6.07, 6.45) is 0.105. The first-order valence-electron chi connectivity index (χ1n) is 3.60. The third-order valence-electron chi connectivity index (χ3n) is 1.39. The topological polar surface area (TPSA) is 97.1 Å². The number of aliphatic hydroxyl groups is 1. The molecule has 0 radical (unpaired) electrons. The number of carboxylic acid groups (broad SMARTS) is 1. The van der Waals surface area contributed by atoms with Crippen LogP contribution in [0, 0.1) is 0 Å². The molecule has 0 saturated heterocycles.